The minimum atomic E-state index is -3.56. The zero-order valence-corrected chi connectivity index (χ0v) is 18.8. The molecule has 0 spiro atoms. The molecule has 30 heavy (non-hydrogen) atoms. The predicted octanol–water partition coefficient (Wildman–Crippen LogP) is 1.46. The molecule has 0 aliphatic carbocycles. The highest BCUT2D eigenvalue weighted by atomic mass is 32.2. The first-order valence-electron chi connectivity index (χ1n) is 9.26. The van der Waals surface area contributed by atoms with Crippen molar-refractivity contribution in [1.29, 1.82) is 0 Å². The molecule has 1 amide bonds. The Bertz CT molecular complexity index is 1110. The van der Waals surface area contributed by atoms with Crippen LogP contribution in [-0.2, 0) is 31.3 Å². The van der Waals surface area contributed by atoms with Crippen molar-refractivity contribution in [2.24, 2.45) is 0 Å². The molecule has 1 aromatic heterocycles. The second-order valence-electron chi connectivity index (χ2n) is 6.51. The van der Waals surface area contributed by atoms with Crippen LogP contribution in [0.1, 0.15) is 22.2 Å². The number of anilines is 1. The molecule has 1 fully saturated rings. The maximum Gasteiger partial charge on any atom is 0.252 e. The largest absolute Gasteiger partial charge is 0.379 e. The smallest absolute Gasteiger partial charge is 0.252 e. The van der Waals surface area contributed by atoms with Gasteiger partial charge in [-0.1, -0.05) is 6.07 Å². The molecule has 1 saturated heterocycles. The minimum absolute atomic E-state index is 0.0719. The fourth-order valence-electron chi connectivity index (χ4n) is 2.75. The van der Waals surface area contributed by atoms with Crippen LogP contribution in [0.15, 0.2) is 40.6 Å². The molecule has 3 rings (SSSR count). The maximum atomic E-state index is 12.7. The number of hydrogen-bond acceptors (Lipinski definition) is 7. The number of thiophene rings is 1. The Morgan fingerprint density at radius 2 is 1.87 bits per heavy atom. The second-order valence-corrected chi connectivity index (χ2v) is 11.9. The summed E-state index contributed by atoms with van der Waals surface area (Å²) in [6.45, 7) is 3.08. The molecule has 12 heteroatoms. The highest BCUT2D eigenvalue weighted by molar-refractivity contribution is 7.92. The van der Waals surface area contributed by atoms with E-state index in [0.717, 1.165) is 11.3 Å². The molecule has 1 aromatic carbocycles. The molecule has 2 N–H and O–H groups in total. The standard InChI is InChI=1S/C18H23N3O6S3/c1-2-29(23,24)20-15-5-3-4-14(12-15)18(22)19-13-16-6-7-17(28-16)30(25,26)21-8-10-27-11-9-21/h3-7,12,20H,2,8-11,13H2,1H3,(H,19,22). The first-order chi connectivity index (χ1) is 14.2. The molecule has 0 saturated carbocycles. The molecule has 1 aliphatic heterocycles. The summed E-state index contributed by atoms with van der Waals surface area (Å²) in [6.07, 6.45) is 0. The number of nitrogens with zero attached hydrogens (tertiary/aromatic N) is 1. The van der Waals surface area contributed by atoms with Gasteiger partial charge in [-0.05, 0) is 37.3 Å². The normalized spacial score (nSPS) is 15.6. The van der Waals surface area contributed by atoms with E-state index in [2.05, 4.69) is 10.0 Å². The number of morpholine rings is 1. The topological polar surface area (TPSA) is 122 Å². The summed E-state index contributed by atoms with van der Waals surface area (Å²) in [5.41, 5.74) is 0.600. The molecule has 1 aliphatic rings. The van der Waals surface area contributed by atoms with Crippen LogP contribution in [0.2, 0.25) is 0 Å². The van der Waals surface area contributed by atoms with Crippen molar-refractivity contribution in [3.63, 3.8) is 0 Å². The average molecular weight is 474 g/mol. The van der Waals surface area contributed by atoms with Gasteiger partial charge in [0.05, 0.1) is 25.5 Å². The lowest BCUT2D eigenvalue weighted by Gasteiger charge is -2.25. The molecule has 0 bridgehead atoms. The number of amides is 1. The maximum absolute atomic E-state index is 12.7. The van der Waals surface area contributed by atoms with Crippen LogP contribution in [-0.4, -0.2) is 59.1 Å². The Hall–Kier alpha value is -1.99. The first-order valence-corrected chi connectivity index (χ1v) is 13.2. The van der Waals surface area contributed by atoms with E-state index < -0.39 is 26.0 Å². The van der Waals surface area contributed by atoms with E-state index >= 15 is 0 Å². The average Bonchev–Trinajstić information content (AvgIpc) is 3.22. The zero-order valence-electron chi connectivity index (χ0n) is 16.3. The lowest BCUT2D eigenvalue weighted by molar-refractivity contribution is 0.0731. The van der Waals surface area contributed by atoms with Gasteiger partial charge in [0.2, 0.25) is 10.0 Å². The van der Waals surface area contributed by atoms with Gasteiger partial charge in [0.25, 0.3) is 15.9 Å². The summed E-state index contributed by atoms with van der Waals surface area (Å²) in [5, 5.41) is 2.73. The van der Waals surface area contributed by atoms with E-state index in [1.807, 2.05) is 0 Å². The van der Waals surface area contributed by atoms with Gasteiger partial charge < -0.3 is 10.1 Å². The van der Waals surface area contributed by atoms with Gasteiger partial charge in [0, 0.05) is 29.2 Å². The number of rotatable bonds is 8. The minimum Gasteiger partial charge on any atom is -0.379 e. The van der Waals surface area contributed by atoms with Crippen molar-refractivity contribution in [3.8, 4) is 0 Å². The Kier molecular flexibility index (Phi) is 7.14. The lowest BCUT2D eigenvalue weighted by Crippen LogP contribution is -2.40. The van der Waals surface area contributed by atoms with Gasteiger partial charge in [-0.3, -0.25) is 9.52 Å². The number of sulfonamides is 2. The molecule has 0 radical (unpaired) electrons. The number of hydrogen-bond donors (Lipinski definition) is 2. The van der Waals surface area contributed by atoms with Crippen LogP contribution in [0.5, 0.6) is 0 Å². The van der Waals surface area contributed by atoms with Crippen LogP contribution in [0.25, 0.3) is 0 Å². The van der Waals surface area contributed by atoms with Crippen LogP contribution in [0.4, 0.5) is 5.69 Å². The molecule has 0 unspecified atom stereocenters. The van der Waals surface area contributed by atoms with Crippen LogP contribution in [0, 0.1) is 0 Å². The van der Waals surface area contributed by atoms with Crippen LogP contribution < -0.4 is 10.0 Å². The Balaban J connectivity index is 1.63. The van der Waals surface area contributed by atoms with E-state index in [4.69, 9.17) is 4.74 Å². The van der Waals surface area contributed by atoms with Crippen molar-refractivity contribution in [2.75, 3.05) is 36.8 Å². The van der Waals surface area contributed by atoms with Gasteiger partial charge in [-0.25, -0.2) is 16.8 Å². The lowest BCUT2D eigenvalue weighted by atomic mass is 10.2. The number of benzene rings is 1. The number of nitrogens with one attached hydrogen (secondary N) is 2. The Morgan fingerprint density at radius 3 is 2.57 bits per heavy atom. The molecule has 2 heterocycles. The van der Waals surface area contributed by atoms with Gasteiger partial charge in [-0.2, -0.15) is 4.31 Å². The van der Waals surface area contributed by atoms with Crippen molar-refractivity contribution in [2.45, 2.75) is 17.7 Å². The van der Waals surface area contributed by atoms with Gasteiger partial charge in [0.1, 0.15) is 4.21 Å². The molecular weight excluding hydrogens is 450 g/mol. The monoisotopic (exact) mass is 473 g/mol. The highest BCUT2D eigenvalue weighted by Crippen LogP contribution is 2.25. The fourth-order valence-corrected chi connectivity index (χ4v) is 6.24. The quantitative estimate of drug-likeness (QED) is 0.599. The second kappa shape index (κ2) is 9.43. The number of carbonyl (C=O) groups excluding carboxylic acids is 1. The summed E-state index contributed by atoms with van der Waals surface area (Å²) in [4.78, 5) is 13.1. The summed E-state index contributed by atoms with van der Waals surface area (Å²) in [6, 6.07) is 9.38. The van der Waals surface area contributed by atoms with Crippen molar-refractivity contribution < 1.29 is 26.4 Å². The summed E-state index contributed by atoms with van der Waals surface area (Å²) < 4.78 is 57.9. The Morgan fingerprint density at radius 1 is 1.13 bits per heavy atom. The summed E-state index contributed by atoms with van der Waals surface area (Å²) in [7, 11) is -7.00. The molecule has 9 nitrogen and oxygen atoms in total. The van der Waals surface area contributed by atoms with E-state index in [1.165, 1.54) is 23.4 Å². The fraction of sp³-hybridized carbons (Fsp3) is 0.389. The van der Waals surface area contributed by atoms with E-state index in [9.17, 15) is 21.6 Å². The van der Waals surface area contributed by atoms with Crippen molar-refractivity contribution in [1.82, 2.24) is 9.62 Å². The first kappa shape index (κ1) is 22.7. The number of carbonyl (C=O) groups is 1. The zero-order chi connectivity index (χ0) is 21.8. The van der Waals surface area contributed by atoms with Crippen LogP contribution >= 0.6 is 11.3 Å². The van der Waals surface area contributed by atoms with Gasteiger partial charge >= 0.3 is 0 Å². The van der Waals surface area contributed by atoms with E-state index in [1.54, 1.807) is 24.3 Å². The molecule has 2 aromatic rings. The van der Waals surface area contributed by atoms with Crippen molar-refractivity contribution in [3.05, 3.63) is 46.8 Å². The summed E-state index contributed by atoms with van der Waals surface area (Å²) in [5.74, 6) is -0.462. The van der Waals surface area contributed by atoms with Gasteiger partial charge in [-0.15, -0.1) is 11.3 Å². The van der Waals surface area contributed by atoms with Crippen LogP contribution in [0.3, 0.4) is 0 Å². The van der Waals surface area contributed by atoms with E-state index in [-0.39, 0.29) is 16.5 Å². The third-order valence-corrected chi connectivity index (χ3v) is 9.16. The SMILES string of the molecule is CCS(=O)(=O)Nc1cccc(C(=O)NCc2ccc(S(=O)(=O)N3CCOCC3)s2)c1. The third-order valence-electron chi connectivity index (χ3n) is 4.40. The predicted molar refractivity (Wildman–Crippen MR) is 115 cm³/mol. The third kappa shape index (κ3) is 5.58. The Labute approximate surface area is 180 Å². The highest BCUT2D eigenvalue weighted by Gasteiger charge is 2.27. The van der Waals surface area contributed by atoms with Gasteiger partial charge in [0.15, 0.2) is 0 Å². The summed E-state index contributed by atoms with van der Waals surface area (Å²) >= 11 is 1.11. The molecular formula is C18H23N3O6S3. The molecule has 0 atom stereocenters. The van der Waals surface area contributed by atoms with Crippen molar-refractivity contribution >= 4 is 43.0 Å². The van der Waals surface area contributed by atoms with E-state index in [0.29, 0.717) is 42.4 Å². The number of ether oxygens (including phenoxy) is 1. The molecule has 164 valence electrons.